The third-order valence-corrected chi connectivity index (χ3v) is 3.15. The first-order valence-corrected chi connectivity index (χ1v) is 4.40. The van der Waals surface area contributed by atoms with Crippen LogP contribution < -0.4 is 0 Å². The molecular formula is C10H12O2. The van der Waals surface area contributed by atoms with Crippen molar-refractivity contribution >= 4 is 11.6 Å². The summed E-state index contributed by atoms with van der Waals surface area (Å²) in [5, 5.41) is 0. The average Bonchev–Trinajstić information content (AvgIpc) is 2.42. The SMILES string of the molecule is CC(=O)C12CCCC1=CC(=O)C2. The van der Waals surface area contributed by atoms with Crippen LogP contribution in [0.5, 0.6) is 0 Å². The Bertz CT molecular complexity index is 288. The smallest absolute Gasteiger partial charge is 0.157 e. The molecule has 2 nitrogen and oxygen atoms in total. The summed E-state index contributed by atoms with van der Waals surface area (Å²) < 4.78 is 0. The van der Waals surface area contributed by atoms with Gasteiger partial charge in [-0.3, -0.25) is 9.59 Å². The molecule has 1 atom stereocenters. The maximum atomic E-state index is 11.4. The van der Waals surface area contributed by atoms with Crippen molar-refractivity contribution in [2.75, 3.05) is 0 Å². The second kappa shape index (κ2) is 2.28. The Kier molecular flexibility index (Phi) is 1.47. The van der Waals surface area contributed by atoms with Crippen molar-refractivity contribution in [3.63, 3.8) is 0 Å². The Morgan fingerprint density at radius 1 is 1.58 bits per heavy atom. The van der Waals surface area contributed by atoms with E-state index in [1.165, 1.54) is 0 Å². The molecule has 0 aromatic carbocycles. The largest absolute Gasteiger partial charge is 0.299 e. The van der Waals surface area contributed by atoms with Gasteiger partial charge in [-0.1, -0.05) is 5.57 Å². The van der Waals surface area contributed by atoms with Gasteiger partial charge in [0.15, 0.2) is 5.78 Å². The van der Waals surface area contributed by atoms with E-state index in [2.05, 4.69) is 0 Å². The van der Waals surface area contributed by atoms with Crippen LogP contribution in [0.3, 0.4) is 0 Å². The molecule has 0 aromatic rings. The fourth-order valence-corrected chi connectivity index (χ4v) is 2.46. The number of hydrogen-bond acceptors (Lipinski definition) is 2. The van der Waals surface area contributed by atoms with Crippen LogP contribution in [0.4, 0.5) is 0 Å². The number of hydrogen-bond donors (Lipinski definition) is 0. The summed E-state index contributed by atoms with van der Waals surface area (Å²) in [5.74, 6) is 0.317. The zero-order chi connectivity index (χ0) is 8.77. The fraction of sp³-hybridized carbons (Fsp3) is 0.600. The number of allylic oxidation sites excluding steroid dienone is 2. The van der Waals surface area contributed by atoms with Crippen LogP contribution in [0.1, 0.15) is 32.6 Å². The lowest BCUT2D eigenvalue weighted by atomic mass is 9.79. The van der Waals surface area contributed by atoms with Crippen LogP contribution in [0, 0.1) is 5.41 Å². The van der Waals surface area contributed by atoms with Gasteiger partial charge in [0, 0.05) is 6.42 Å². The van der Waals surface area contributed by atoms with E-state index in [9.17, 15) is 9.59 Å². The highest BCUT2D eigenvalue weighted by molar-refractivity contribution is 6.02. The van der Waals surface area contributed by atoms with E-state index in [-0.39, 0.29) is 17.0 Å². The summed E-state index contributed by atoms with van der Waals surface area (Å²) >= 11 is 0. The highest BCUT2D eigenvalue weighted by atomic mass is 16.1. The second-order valence-electron chi connectivity index (χ2n) is 3.80. The number of fused-ring (bicyclic) bond motifs is 1. The second-order valence-corrected chi connectivity index (χ2v) is 3.80. The summed E-state index contributed by atoms with van der Waals surface area (Å²) in [7, 11) is 0. The number of rotatable bonds is 1. The first-order valence-electron chi connectivity index (χ1n) is 4.40. The Labute approximate surface area is 71.6 Å². The van der Waals surface area contributed by atoms with Crippen molar-refractivity contribution in [3.8, 4) is 0 Å². The zero-order valence-electron chi connectivity index (χ0n) is 7.22. The van der Waals surface area contributed by atoms with Gasteiger partial charge in [0.1, 0.15) is 5.78 Å². The minimum atomic E-state index is -0.350. The molecular weight excluding hydrogens is 152 g/mol. The first-order chi connectivity index (χ1) is 5.65. The molecule has 1 fully saturated rings. The molecule has 0 saturated heterocycles. The number of carbonyl (C=O) groups is 2. The molecule has 0 amide bonds. The van der Waals surface area contributed by atoms with Crippen LogP contribution in [0.2, 0.25) is 0 Å². The highest BCUT2D eigenvalue weighted by Crippen LogP contribution is 2.49. The number of carbonyl (C=O) groups excluding carboxylic acids is 2. The van der Waals surface area contributed by atoms with Crippen molar-refractivity contribution in [3.05, 3.63) is 11.6 Å². The van der Waals surface area contributed by atoms with E-state index in [4.69, 9.17) is 0 Å². The third kappa shape index (κ3) is 0.808. The molecule has 2 aliphatic rings. The minimum absolute atomic E-state index is 0.139. The zero-order valence-corrected chi connectivity index (χ0v) is 7.22. The Morgan fingerprint density at radius 3 is 2.92 bits per heavy atom. The van der Waals surface area contributed by atoms with Crippen LogP contribution >= 0.6 is 0 Å². The molecule has 2 aliphatic carbocycles. The summed E-state index contributed by atoms with van der Waals surface area (Å²) in [6.07, 6.45) is 5.04. The Balaban J connectivity index is 2.43. The van der Waals surface area contributed by atoms with E-state index in [0.29, 0.717) is 6.42 Å². The van der Waals surface area contributed by atoms with Gasteiger partial charge >= 0.3 is 0 Å². The van der Waals surface area contributed by atoms with E-state index in [1.807, 2.05) is 0 Å². The minimum Gasteiger partial charge on any atom is -0.299 e. The molecule has 0 heterocycles. The van der Waals surface area contributed by atoms with E-state index >= 15 is 0 Å². The summed E-state index contributed by atoms with van der Waals surface area (Å²) in [6, 6.07) is 0. The molecule has 2 heteroatoms. The lowest BCUT2D eigenvalue weighted by Crippen LogP contribution is -2.25. The van der Waals surface area contributed by atoms with Crippen LogP contribution in [-0.2, 0) is 9.59 Å². The van der Waals surface area contributed by atoms with Crippen molar-refractivity contribution in [2.24, 2.45) is 5.41 Å². The molecule has 12 heavy (non-hydrogen) atoms. The molecule has 0 bridgehead atoms. The summed E-state index contributed by atoms with van der Waals surface area (Å²) in [5.41, 5.74) is 0.747. The van der Waals surface area contributed by atoms with E-state index < -0.39 is 0 Å². The van der Waals surface area contributed by atoms with Gasteiger partial charge in [-0.05, 0) is 32.3 Å². The number of ketones is 2. The molecule has 0 aliphatic heterocycles. The van der Waals surface area contributed by atoms with Crippen LogP contribution in [-0.4, -0.2) is 11.6 Å². The maximum Gasteiger partial charge on any atom is 0.157 e. The van der Waals surface area contributed by atoms with Crippen LogP contribution in [0.15, 0.2) is 11.6 Å². The quantitative estimate of drug-likeness (QED) is 0.590. The topological polar surface area (TPSA) is 34.1 Å². The molecule has 64 valence electrons. The predicted molar refractivity (Wildman–Crippen MR) is 44.7 cm³/mol. The van der Waals surface area contributed by atoms with Gasteiger partial charge < -0.3 is 0 Å². The molecule has 1 saturated carbocycles. The van der Waals surface area contributed by atoms with Gasteiger partial charge in [-0.2, -0.15) is 0 Å². The van der Waals surface area contributed by atoms with Crippen molar-refractivity contribution in [1.82, 2.24) is 0 Å². The lowest BCUT2D eigenvalue weighted by molar-refractivity contribution is -0.127. The van der Waals surface area contributed by atoms with Crippen molar-refractivity contribution in [1.29, 1.82) is 0 Å². The average molecular weight is 164 g/mol. The lowest BCUT2D eigenvalue weighted by Gasteiger charge is -2.21. The maximum absolute atomic E-state index is 11.4. The monoisotopic (exact) mass is 164 g/mol. The highest BCUT2D eigenvalue weighted by Gasteiger charge is 2.47. The van der Waals surface area contributed by atoms with Gasteiger partial charge in [0.2, 0.25) is 0 Å². The third-order valence-electron chi connectivity index (χ3n) is 3.15. The standard InChI is InChI=1S/C10H12O2/c1-7(11)10-4-2-3-8(10)5-9(12)6-10/h5H,2-4,6H2,1H3. The van der Waals surface area contributed by atoms with E-state index in [0.717, 1.165) is 24.8 Å². The van der Waals surface area contributed by atoms with Crippen molar-refractivity contribution in [2.45, 2.75) is 32.6 Å². The first kappa shape index (κ1) is 7.71. The summed E-state index contributed by atoms with van der Waals surface area (Å²) in [4.78, 5) is 22.5. The van der Waals surface area contributed by atoms with Gasteiger partial charge in [-0.25, -0.2) is 0 Å². The number of Topliss-reactive ketones (excluding diaryl/α,β-unsaturated/α-hetero) is 1. The molecule has 0 N–H and O–H groups in total. The normalized spacial score (nSPS) is 33.4. The Hall–Kier alpha value is -0.920. The molecule has 0 aromatic heterocycles. The molecule has 1 unspecified atom stereocenters. The molecule has 0 radical (unpaired) electrons. The van der Waals surface area contributed by atoms with Gasteiger partial charge in [0.25, 0.3) is 0 Å². The Morgan fingerprint density at radius 2 is 2.33 bits per heavy atom. The molecule has 0 spiro atoms. The van der Waals surface area contributed by atoms with Gasteiger partial charge in [-0.15, -0.1) is 0 Å². The van der Waals surface area contributed by atoms with Gasteiger partial charge in [0.05, 0.1) is 5.41 Å². The van der Waals surface area contributed by atoms with Crippen LogP contribution in [0.25, 0.3) is 0 Å². The predicted octanol–water partition coefficient (Wildman–Crippen LogP) is 1.64. The molecule has 2 rings (SSSR count). The van der Waals surface area contributed by atoms with E-state index in [1.54, 1.807) is 13.0 Å². The fourth-order valence-electron chi connectivity index (χ4n) is 2.46. The summed E-state index contributed by atoms with van der Waals surface area (Å²) in [6.45, 7) is 1.61. The van der Waals surface area contributed by atoms with Crippen molar-refractivity contribution < 1.29 is 9.59 Å².